The molecule has 8 rings (SSSR count). The predicted molar refractivity (Wildman–Crippen MR) is 165 cm³/mol. The van der Waals surface area contributed by atoms with E-state index in [-0.39, 0.29) is 47.7 Å². The Morgan fingerprint density at radius 1 is 1.16 bits per heavy atom. The fourth-order valence-electron chi connectivity index (χ4n) is 6.69. The Morgan fingerprint density at radius 2 is 1.96 bits per heavy atom. The van der Waals surface area contributed by atoms with Crippen molar-refractivity contribution in [3.8, 4) is 11.4 Å². The van der Waals surface area contributed by atoms with E-state index in [1.807, 2.05) is 30.3 Å². The Morgan fingerprint density at radius 3 is 2.76 bits per heavy atom. The smallest absolute Gasteiger partial charge is 0.458 e. The van der Waals surface area contributed by atoms with Crippen molar-refractivity contribution in [3.63, 3.8) is 0 Å². The standard InChI is InChI=1S/C30H27FN7O10P/c1-2-30(16-8-18-20-14(7-13-5-3-4-6-17(13)34-20)9-37(18)26(41)15(16)10-45-28(30)42)48-49(43,44)46-11-19-22(39)23(40)27(47-19)38-12-33-25-21(38)24(32)35-29(31)36-25/h3-8,12,19,22-23,27,39-40H,2,9-11H2,1H3,(H,43,44)(H2,32,35,36)/t19-,22-,23+,27-,30+/m1/s1. The first-order valence-electron chi connectivity index (χ1n) is 15.1. The molecule has 5 aromatic rings. The lowest BCUT2D eigenvalue weighted by Gasteiger charge is -2.36. The molecule has 0 saturated carbocycles. The van der Waals surface area contributed by atoms with Crippen molar-refractivity contribution in [2.24, 2.45) is 0 Å². The maximum absolute atomic E-state index is 13.8. The van der Waals surface area contributed by atoms with Gasteiger partial charge in [0.05, 0.1) is 35.6 Å². The molecule has 49 heavy (non-hydrogen) atoms. The van der Waals surface area contributed by atoms with Gasteiger partial charge < -0.3 is 34.9 Å². The number of carbonyl (C=O) groups is 1. The number of ether oxygens (including phenoxy) is 2. The summed E-state index contributed by atoms with van der Waals surface area (Å²) >= 11 is 0. The Kier molecular flexibility index (Phi) is 7.20. The maximum atomic E-state index is 13.8. The van der Waals surface area contributed by atoms with Crippen LogP contribution in [0.5, 0.6) is 0 Å². The number of aromatic nitrogens is 6. The Labute approximate surface area is 274 Å². The van der Waals surface area contributed by atoms with Crippen LogP contribution in [-0.2, 0) is 46.6 Å². The first kappa shape index (κ1) is 31.6. The van der Waals surface area contributed by atoms with E-state index in [2.05, 4.69) is 15.0 Å². The molecule has 1 aromatic carbocycles. The third kappa shape index (κ3) is 4.86. The van der Waals surface area contributed by atoms with Gasteiger partial charge in [0.2, 0.25) is 5.60 Å². The van der Waals surface area contributed by atoms with Crippen molar-refractivity contribution in [1.29, 1.82) is 0 Å². The highest BCUT2D eigenvalue weighted by Crippen LogP contribution is 2.54. The summed E-state index contributed by atoms with van der Waals surface area (Å²) in [4.78, 5) is 53.8. The number of phosphoric acid groups is 1. The lowest BCUT2D eigenvalue weighted by Crippen LogP contribution is -2.46. The van der Waals surface area contributed by atoms with E-state index in [0.717, 1.165) is 17.3 Å². The summed E-state index contributed by atoms with van der Waals surface area (Å²) in [6, 6.07) is 10.9. The monoisotopic (exact) mass is 695 g/mol. The number of phosphoric ester groups is 1. The number of pyridine rings is 2. The summed E-state index contributed by atoms with van der Waals surface area (Å²) in [5.74, 6) is -1.31. The minimum absolute atomic E-state index is 0.0168. The minimum atomic E-state index is -5.20. The van der Waals surface area contributed by atoms with Crippen LogP contribution in [0.25, 0.3) is 33.5 Å². The van der Waals surface area contributed by atoms with E-state index < -0.39 is 62.2 Å². The highest BCUT2D eigenvalue weighted by molar-refractivity contribution is 7.47. The topological polar surface area (TPSA) is 236 Å². The van der Waals surface area contributed by atoms with Gasteiger partial charge in [0, 0.05) is 16.5 Å². The van der Waals surface area contributed by atoms with Gasteiger partial charge in [-0.3, -0.25) is 18.4 Å². The number of nitrogen functional groups attached to an aromatic ring is 1. The van der Waals surface area contributed by atoms with Crippen LogP contribution in [0.4, 0.5) is 10.2 Å². The van der Waals surface area contributed by atoms with Gasteiger partial charge in [0.25, 0.3) is 5.56 Å². The summed E-state index contributed by atoms with van der Waals surface area (Å²) in [5.41, 5.74) is 5.51. The minimum Gasteiger partial charge on any atom is -0.458 e. The molecule has 3 aliphatic heterocycles. The van der Waals surface area contributed by atoms with Gasteiger partial charge >= 0.3 is 19.9 Å². The number of hydrogen-bond donors (Lipinski definition) is 4. The third-order valence-corrected chi connectivity index (χ3v) is 10.1. The molecule has 0 bridgehead atoms. The summed E-state index contributed by atoms with van der Waals surface area (Å²) in [6.45, 7) is 0.566. The number of halogens is 1. The number of para-hydroxylation sites is 1. The molecule has 19 heteroatoms. The number of cyclic esters (lactones) is 1. The maximum Gasteiger partial charge on any atom is 0.473 e. The highest BCUT2D eigenvalue weighted by Gasteiger charge is 2.53. The van der Waals surface area contributed by atoms with Crippen molar-refractivity contribution in [2.75, 3.05) is 12.3 Å². The second-order valence-corrected chi connectivity index (χ2v) is 13.2. The molecule has 17 nitrogen and oxygen atoms in total. The molecular weight excluding hydrogens is 668 g/mol. The second-order valence-electron chi connectivity index (χ2n) is 11.9. The fraction of sp³-hybridized carbons (Fsp3) is 0.333. The summed E-state index contributed by atoms with van der Waals surface area (Å²) in [7, 11) is -5.20. The number of nitrogens with two attached hydrogens (primary N) is 1. The summed E-state index contributed by atoms with van der Waals surface area (Å²) in [5, 5.41) is 22.4. The number of carbonyl (C=O) groups excluding carboxylic acids is 1. The van der Waals surface area contributed by atoms with Crippen LogP contribution in [0.2, 0.25) is 0 Å². The zero-order valence-corrected chi connectivity index (χ0v) is 26.4. The van der Waals surface area contributed by atoms with Gasteiger partial charge in [-0.1, -0.05) is 25.1 Å². The number of fused-ring (bicyclic) bond motifs is 6. The van der Waals surface area contributed by atoms with Gasteiger partial charge in [-0.2, -0.15) is 14.4 Å². The van der Waals surface area contributed by atoms with Crippen molar-refractivity contribution in [3.05, 3.63) is 75.8 Å². The van der Waals surface area contributed by atoms with Crippen LogP contribution >= 0.6 is 7.82 Å². The highest BCUT2D eigenvalue weighted by atomic mass is 31.2. The molecule has 4 aromatic heterocycles. The molecule has 0 radical (unpaired) electrons. The number of hydrogen-bond acceptors (Lipinski definition) is 14. The Bertz CT molecular complexity index is 2320. The van der Waals surface area contributed by atoms with Crippen LogP contribution in [0, 0.1) is 6.08 Å². The summed E-state index contributed by atoms with van der Waals surface area (Å²) < 4.78 is 51.7. The van der Waals surface area contributed by atoms with Crippen molar-refractivity contribution >= 4 is 41.7 Å². The second kappa shape index (κ2) is 11.2. The van der Waals surface area contributed by atoms with E-state index in [1.54, 1.807) is 6.07 Å². The zero-order chi connectivity index (χ0) is 34.4. The van der Waals surface area contributed by atoms with Crippen molar-refractivity contribution in [2.45, 2.75) is 56.6 Å². The lowest BCUT2D eigenvalue weighted by molar-refractivity contribution is -0.171. The van der Waals surface area contributed by atoms with Crippen LogP contribution in [0.15, 0.2) is 47.5 Å². The molecule has 6 atom stereocenters. The van der Waals surface area contributed by atoms with Gasteiger partial charge in [-0.15, -0.1) is 0 Å². The first-order valence-corrected chi connectivity index (χ1v) is 16.6. The lowest BCUT2D eigenvalue weighted by atomic mass is 9.86. The third-order valence-electron chi connectivity index (χ3n) is 9.10. The number of nitrogens with zero attached hydrogens (tertiary/aromatic N) is 6. The molecule has 254 valence electrons. The van der Waals surface area contributed by atoms with Crippen LogP contribution in [0.3, 0.4) is 0 Å². The molecule has 1 saturated heterocycles. The molecule has 0 aliphatic carbocycles. The van der Waals surface area contributed by atoms with Gasteiger partial charge in [-0.25, -0.2) is 19.3 Å². The van der Waals surface area contributed by atoms with E-state index in [4.69, 9.17) is 29.2 Å². The molecule has 1 unspecified atom stereocenters. The van der Waals surface area contributed by atoms with E-state index in [1.165, 1.54) is 16.1 Å². The largest absolute Gasteiger partial charge is 0.473 e. The Balaban J connectivity index is 1.08. The van der Waals surface area contributed by atoms with Crippen molar-refractivity contribution < 1.29 is 47.4 Å². The van der Waals surface area contributed by atoms with Crippen LogP contribution < -0.4 is 11.3 Å². The van der Waals surface area contributed by atoms with Crippen molar-refractivity contribution in [1.82, 2.24) is 29.1 Å². The molecule has 7 heterocycles. The fourth-order valence-corrected chi connectivity index (χ4v) is 7.77. The van der Waals surface area contributed by atoms with E-state index in [9.17, 15) is 33.7 Å². The van der Waals surface area contributed by atoms with Crippen LogP contribution in [0.1, 0.15) is 36.3 Å². The zero-order valence-electron chi connectivity index (χ0n) is 25.5. The predicted octanol–water partition coefficient (Wildman–Crippen LogP) is 1.40. The number of aliphatic hydroxyl groups is 2. The number of imidazole rings is 1. The normalized spacial score (nSPS) is 25.6. The van der Waals surface area contributed by atoms with Gasteiger partial charge in [-0.05, 0) is 24.6 Å². The van der Waals surface area contributed by atoms with Gasteiger partial charge in [0.15, 0.2) is 17.7 Å². The number of aliphatic hydroxyl groups excluding tert-OH is 2. The molecule has 1 fully saturated rings. The number of rotatable bonds is 7. The number of anilines is 1. The summed E-state index contributed by atoms with van der Waals surface area (Å²) in [6.07, 6.45) is -6.24. The SMILES string of the molecule is CC[C@@]1(OP(=O)(O)OC[C@H]2O[C@@H](n3cnc4nc(F)nc(N)c43)[C@@H](O)[C@@H]2O)C(=O)OCc2c1cc1n(c2=O)Cc2cc3ccccc3nc2-1. The number of benzene rings is 1. The van der Waals surface area contributed by atoms with Crippen LogP contribution in [-0.4, -0.2) is 75.1 Å². The quantitative estimate of drug-likeness (QED) is 0.105. The molecule has 0 spiro atoms. The number of esters is 1. The average Bonchev–Trinajstić information content (AvgIpc) is 3.74. The Hall–Kier alpha value is -4.68. The molecular formula is C30H27FN7O10P. The first-order chi connectivity index (χ1) is 23.4. The van der Waals surface area contributed by atoms with Gasteiger partial charge in [0.1, 0.15) is 36.8 Å². The van der Waals surface area contributed by atoms with E-state index in [0.29, 0.717) is 16.9 Å². The molecule has 5 N–H and O–H groups in total. The van der Waals surface area contributed by atoms with E-state index >= 15 is 0 Å². The molecule has 3 aliphatic rings. The average molecular weight is 696 g/mol. The molecule has 0 amide bonds.